The van der Waals surface area contributed by atoms with Crippen LogP contribution in [0.15, 0.2) is 12.1 Å². The van der Waals surface area contributed by atoms with Crippen molar-refractivity contribution in [2.24, 2.45) is 11.8 Å². The Morgan fingerprint density at radius 1 is 1.32 bits per heavy atom. The third-order valence-electron chi connectivity index (χ3n) is 7.72. The van der Waals surface area contributed by atoms with E-state index >= 15 is 0 Å². The summed E-state index contributed by atoms with van der Waals surface area (Å²) in [5.74, 6) is 3.69. The highest BCUT2D eigenvalue weighted by atomic mass is 16.5. The highest BCUT2D eigenvalue weighted by Gasteiger charge is 2.62. The number of methoxy groups -OCH3 is 1. The third-order valence-corrected chi connectivity index (χ3v) is 7.72. The van der Waals surface area contributed by atoms with Crippen molar-refractivity contribution in [3.8, 4) is 11.5 Å². The Hall–Kier alpha value is -1.26. The van der Waals surface area contributed by atoms with Gasteiger partial charge in [0.25, 0.3) is 0 Å². The Kier molecular flexibility index (Phi) is 3.05. The molecule has 4 atom stereocenters. The molecule has 2 bridgehead atoms. The van der Waals surface area contributed by atoms with Crippen molar-refractivity contribution >= 4 is 0 Å². The second-order valence-corrected chi connectivity index (χ2v) is 8.84. The molecule has 1 saturated carbocycles. The van der Waals surface area contributed by atoms with E-state index in [0.29, 0.717) is 6.04 Å². The first-order valence-corrected chi connectivity index (χ1v) is 10.1. The van der Waals surface area contributed by atoms with Gasteiger partial charge in [-0.1, -0.05) is 6.07 Å². The molecule has 3 heterocycles. The van der Waals surface area contributed by atoms with E-state index in [0.717, 1.165) is 36.4 Å². The van der Waals surface area contributed by atoms with Crippen LogP contribution < -0.4 is 14.8 Å². The van der Waals surface area contributed by atoms with E-state index in [1.165, 1.54) is 56.3 Å². The van der Waals surface area contributed by atoms with Crippen LogP contribution in [0, 0.1) is 11.8 Å². The summed E-state index contributed by atoms with van der Waals surface area (Å²) in [7, 11) is 1.77. The van der Waals surface area contributed by atoms with Gasteiger partial charge in [-0.15, -0.1) is 0 Å². The number of benzene rings is 1. The topological polar surface area (TPSA) is 33.7 Å². The summed E-state index contributed by atoms with van der Waals surface area (Å²) in [5.41, 5.74) is 3.26. The van der Waals surface area contributed by atoms with E-state index in [1.807, 2.05) is 0 Å². The van der Waals surface area contributed by atoms with E-state index in [4.69, 9.17) is 9.47 Å². The monoisotopic (exact) mass is 340 g/mol. The average Bonchev–Trinajstić information content (AvgIpc) is 3.40. The highest BCUT2D eigenvalue weighted by molar-refractivity contribution is 5.60. The van der Waals surface area contributed by atoms with Gasteiger partial charge in [0.2, 0.25) is 0 Å². The Morgan fingerprint density at radius 2 is 2.24 bits per heavy atom. The molecule has 4 nitrogen and oxygen atoms in total. The van der Waals surface area contributed by atoms with Crippen molar-refractivity contribution in [2.75, 3.05) is 33.3 Å². The Morgan fingerprint density at radius 3 is 3.08 bits per heavy atom. The molecule has 0 unspecified atom stereocenters. The van der Waals surface area contributed by atoms with E-state index < -0.39 is 0 Å². The fourth-order valence-electron chi connectivity index (χ4n) is 6.48. The van der Waals surface area contributed by atoms with E-state index in [1.54, 1.807) is 7.11 Å². The number of nitrogens with one attached hydrogen (secondary N) is 1. The van der Waals surface area contributed by atoms with Gasteiger partial charge in [-0.05, 0) is 68.7 Å². The van der Waals surface area contributed by atoms with E-state index in [9.17, 15) is 0 Å². The predicted octanol–water partition coefficient (Wildman–Crippen LogP) is 2.34. The fourth-order valence-corrected chi connectivity index (χ4v) is 6.48. The first-order chi connectivity index (χ1) is 12.3. The lowest BCUT2D eigenvalue weighted by molar-refractivity contribution is -0.0205. The standard InChI is InChI=1S/C21H28N2O2/c1-24-17-5-4-14-10-16-15-6-8-22-11-18-21(15,19(14)20(17)25-18)7-9-23(16)12-13-2-3-13/h4-5,13,15-16,18,22H,2-3,6-12H2,1H3/t15-,16+,18-,21+/m0/s1. The van der Waals surface area contributed by atoms with Gasteiger partial charge in [-0.2, -0.15) is 0 Å². The van der Waals surface area contributed by atoms with Gasteiger partial charge in [0, 0.05) is 30.1 Å². The summed E-state index contributed by atoms with van der Waals surface area (Å²) in [6.45, 7) is 4.68. The van der Waals surface area contributed by atoms with Crippen molar-refractivity contribution in [1.82, 2.24) is 10.2 Å². The molecule has 0 radical (unpaired) electrons. The van der Waals surface area contributed by atoms with Crippen LogP contribution in [0.5, 0.6) is 11.5 Å². The van der Waals surface area contributed by atoms with Crippen LogP contribution in [0.3, 0.4) is 0 Å². The number of likely N-dealkylation sites (tertiary alicyclic amines) is 1. The smallest absolute Gasteiger partial charge is 0.165 e. The van der Waals surface area contributed by atoms with Crippen LogP contribution in [0.4, 0.5) is 0 Å². The Balaban J connectivity index is 1.51. The SMILES string of the molecule is COc1ccc2c3c1O[C@H]1CNCC[C@H]4[C@@H](C2)N(CC2CC2)CC[C@]314. The normalized spacial score (nSPS) is 38.7. The van der Waals surface area contributed by atoms with Crippen LogP contribution in [0.2, 0.25) is 0 Å². The lowest BCUT2D eigenvalue weighted by Crippen LogP contribution is -2.63. The third kappa shape index (κ3) is 1.90. The number of nitrogens with zero attached hydrogens (tertiary/aromatic N) is 1. The molecular formula is C21H28N2O2. The summed E-state index contributed by atoms with van der Waals surface area (Å²) in [5, 5.41) is 3.67. The fraction of sp³-hybridized carbons (Fsp3) is 0.714. The van der Waals surface area contributed by atoms with Gasteiger partial charge in [0.1, 0.15) is 6.10 Å². The molecule has 1 aromatic rings. The number of rotatable bonds is 3. The van der Waals surface area contributed by atoms with Gasteiger partial charge in [0.05, 0.1) is 7.11 Å². The van der Waals surface area contributed by atoms with Gasteiger partial charge in [-0.3, -0.25) is 4.90 Å². The van der Waals surface area contributed by atoms with Crippen molar-refractivity contribution < 1.29 is 9.47 Å². The molecule has 3 fully saturated rings. The second kappa shape index (κ2) is 5.14. The van der Waals surface area contributed by atoms with Gasteiger partial charge < -0.3 is 14.8 Å². The average molecular weight is 340 g/mol. The molecule has 1 spiro atoms. The number of piperidine rings is 1. The van der Waals surface area contributed by atoms with Gasteiger partial charge in [-0.25, -0.2) is 0 Å². The molecule has 1 N–H and O–H groups in total. The largest absolute Gasteiger partial charge is 0.493 e. The quantitative estimate of drug-likeness (QED) is 0.916. The van der Waals surface area contributed by atoms with Crippen LogP contribution in [-0.4, -0.2) is 50.3 Å². The molecule has 25 heavy (non-hydrogen) atoms. The van der Waals surface area contributed by atoms with Crippen molar-refractivity contribution in [3.63, 3.8) is 0 Å². The van der Waals surface area contributed by atoms with Crippen molar-refractivity contribution in [2.45, 2.75) is 49.7 Å². The molecule has 3 aliphatic heterocycles. The zero-order chi connectivity index (χ0) is 16.6. The molecule has 2 aliphatic carbocycles. The Bertz CT molecular complexity index is 716. The summed E-state index contributed by atoms with van der Waals surface area (Å²) in [4.78, 5) is 2.85. The van der Waals surface area contributed by atoms with Crippen molar-refractivity contribution in [3.05, 3.63) is 23.3 Å². The number of hydrogen-bond acceptors (Lipinski definition) is 4. The lowest BCUT2D eigenvalue weighted by Gasteiger charge is -2.55. The summed E-state index contributed by atoms with van der Waals surface area (Å²) in [6, 6.07) is 5.16. The summed E-state index contributed by atoms with van der Waals surface area (Å²) >= 11 is 0. The second-order valence-electron chi connectivity index (χ2n) is 8.84. The van der Waals surface area contributed by atoms with E-state index in [2.05, 4.69) is 22.3 Å². The van der Waals surface area contributed by atoms with Crippen LogP contribution in [-0.2, 0) is 11.8 Å². The maximum Gasteiger partial charge on any atom is 0.165 e. The molecule has 0 aromatic heterocycles. The zero-order valence-electron chi connectivity index (χ0n) is 15.1. The molecule has 5 aliphatic rings. The minimum Gasteiger partial charge on any atom is -0.493 e. The first kappa shape index (κ1) is 14.9. The first-order valence-electron chi connectivity index (χ1n) is 10.1. The predicted molar refractivity (Wildman–Crippen MR) is 96.5 cm³/mol. The maximum absolute atomic E-state index is 6.60. The highest BCUT2D eigenvalue weighted by Crippen LogP contribution is 2.61. The van der Waals surface area contributed by atoms with Crippen LogP contribution in [0.1, 0.15) is 36.8 Å². The van der Waals surface area contributed by atoms with E-state index in [-0.39, 0.29) is 11.5 Å². The van der Waals surface area contributed by atoms with Crippen LogP contribution >= 0.6 is 0 Å². The number of hydrogen-bond donors (Lipinski definition) is 1. The molecule has 6 rings (SSSR count). The molecule has 4 heteroatoms. The maximum atomic E-state index is 6.60. The molecule has 0 amide bonds. The molecular weight excluding hydrogens is 312 g/mol. The summed E-state index contributed by atoms with van der Waals surface area (Å²) < 4.78 is 12.3. The van der Waals surface area contributed by atoms with Gasteiger partial charge >= 0.3 is 0 Å². The number of ether oxygens (including phenoxy) is 2. The Labute approximate surface area is 149 Å². The van der Waals surface area contributed by atoms with Gasteiger partial charge in [0.15, 0.2) is 11.5 Å². The summed E-state index contributed by atoms with van der Waals surface area (Å²) in [6.07, 6.45) is 6.90. The van der Waals surface area contributed by atoms with Crippen molar-refractivity contribution in [1.29, 1.82) is 0 Å². The minimum absolute atomic E-state index is 0.214. The molecule has 134 valence electrons. The zero-order valence-corrected chi connectivity index (χ0v) is 15.1. The molecule has 2 saturated heterocycles. The molecule has 1 aromatic carbocycles. The minimum atomic E-state index is 0.214. The van der Waals surface area contributed by atoms with Crippen LogP contribution in [0.25, 0.3) is 0 Å². The lowest BCUT2D eigenvalue weighted by atomic mass is 9.55.